The molecule has 1 aliphatic carbocycles. The Hall–Kier alpha value is -1.20. The lowest BCUT2D eigenvalue weighted by Crippen LogP contribution is -2.11. The van der Waals surface area contributed by atoms with E-state index >= 15 is 0 Å². The molecule has 1 fully saturated rings. The third kappa shape index (κ3) is 3.52. The third-order valence-electron chi connectivity index (χ3n) is 3.84. The molecule has 1 N–H and O–H groups in total. The van der Waals surface area contributed by atoms with E-state index in [9.17, 15) is 0 Å². The van der Waals surface area contributed by atoms with Crippen molar-refractivity contribution in [2.24, 2.45) is 5.92 Å². The Bertz CT molecular complexity index is 611. The molecule has 5 heteroatoms. The van der Waals surface area contributed by atoms with Gasteiger partial charge in [-0.25, -0.2) is 0 Å². The molecule has 0 aromatic carbocycles. The van der Waals surface area contributed by atoms with Crippen LogP contribution in [-0.2, 0) is 18.5 Å². The monoisotopic (exact) mass is 305 g/mol. The van der Waals surface area contributed by atoms with Crippen molar-refractivity contribution in [3.8, 4) is 0 Å². The summed E-state index contributed by atoms with van der Waals surface area (Å²) >= 11 is 1.68. The van der Waals surface area contributed by atoms with Gasteiger partial charge in [-0.3, -0.25) is 0 Å². The molecule has 2 atom stereocenters. The predicted octanol–water partition coefficient (Wildman–Crippen LogP) is 3.84. The van der Waals surface area contributed by atoms with Gasteiger partial charge in [0.25, 0.3) is 0 Å². The highest BCUT2D eigenvalue weighted by atomic mass is 32.1. The summed E-state index contributed by atoms with van der Waals surface area (Å²) in [6.45, 7) is 10.2. The summed E-state index contributed by atoms with van der Waals surface area (Å²) in [7, 11) is 0. The van der Waals surface area contributed by atoms with Crippen molar-refractivity contribution in [2.45, 2.75) is 58.5 Å². The molecule has 3 rings (SSSR count). The summed E-state index contributed by atoms with van der Waals surface area (Å²) in [5.74, 6) is 3.58. The van der Waals surface area contributed by atoms with Crippen molar-refractivity contribution in [1.29, 1.82) is 0 Å². The number of furan rings is 1. The lowest BCUT2D eigenvalue weighted by molar-refractivity contribution is 0.444. The van der Waals surface area contributed by atoms with Crippen molar-refractivity contribution >= 4 is 11.3 Å². The molecule has 0 radical (unpaired) electrons. The first kappa shape index (κ1) is 14.7. The van der Waals surface area contributed by atoms with Crippen LogP contribution in [0, 0.1) is 5.92 Å². The Kier molecular flexibility index (Phi) is 3.88. The van der Waals surface area contributed by atoms with Gasteiger partial charge in [-0.2, -0.15) is 0 Å². The van der Waals surface area contributed by atoms with Crippen molar-refractivity contribution in [3.05, 3.63) is 33.7 Å². The van der Waals surface area contributed by atoms with Crippen LogP contribution in [0.1, 0.15) is 61.6 Å². The molecule has 2 aromatic rings. The van der Waals surface area contributed by atoms with Gasteiger partial charge in [-0.1, -0.05) is 39.0 Å². The number of nitrogens with one attached hydrogen (secondary N) is 1. The fourth-order valence-electron chi connectivity index (χ4n) is 2.33. The summed E-state index contributed by atoms with van der Waals surface area (Å²) in [5, 5.41) is 14.0. The highest BCUT2D eigenvalue weighted by Crippen LogP contribution is 2.47. The highest BCUT2D eigenvalue weighted by Gasteiger charge is 2.36. The van der Waals surface area contributed by atoms with Crippen LogP contribution in [-0.4, -0.2) is 10.2 Å². The molecule has 2 aromatic heterocycles. The largest absolute Gasteiger partial charge is 0.464 e. The molecule has 0 bridgehead atoms. The number of rotatable bonds is 5. The number of aromatic nitrogens is 2. The second-order valence-electron chi connectivity index (χ2n) is 6.98. The zero-order chi connectivity index (χ0) is 15.0. The van der Waals surface area contributed by atoms with Gasteiger partial charge in [0.05, 0.1) is 13.1 Å². The summed E-state index contributed by atoms with van der Waals surface area (Å²) in [5.41, 5.74) is 0.0762. The highest BCUT2D eigenvalue weighted by molar-refractivity contribution is 7.11. The van der Waals surface area contributed by atoms with Crippen LogP contribution < -0.4 is 5.32 Å². The van der Waals surface area contributed by atoms with Gasteiger partial charge < -0.3 is 9.73 Å². The van der Waals surface area contributed by atoms with Crippen molar-refractivity contribution < 1.29 is 4.42 Å². The summed E-state index contributed by atoms with van der Waals surface area (Å²) in [6.07, 6.45) is 1.26. The number of hydrogen-bond donors (Lipinski definition) is 1. The predicted molar refractivity (Wildman–Crippen MR) is 84.4 cm³/mol. The average molecular weight is 305 g/mol. The van der Waals surface area contributed by atoms with Crippen LogP contribution in [0.25, 0.3) is 0 Å². The average Bonchev–Trinajstić information content (AvgIpc) is 2.85. The van der Waals surface area contributed by atoms with E-state index in [-0.39, 0.29) is 5.41 Å². The van der Waals surface area contributed by atoms with Crippen LogP contribution in [0.4, 0.5) is 0 Å². The molecule has 0 saturated heterocycles. The van der Waals surface area contributed by atoms with Crippen molar-refractivity contribution in [2.75, 3.05) is 0 Å². The van der Waals surface area contributed by atoms with Crippen LogP contribution in [0.15, 0.2) is 16.5 Å². The Morgan fingerprint density at radius 2 is 2.05 bits per heavy atom. The van der Waals surface area contributed by atoms with Gasteiger partial charge >= 0.3 is 0 Å². The van der Waals surface area contributed by atoms with Crippen molar-refractivity contribution in [1.82, 2.24) is 15.5 Å². The smallest absolute Gasteiger partial charge is 0.131 e. The van der Waals surface area contributed by atoms with Crippen LogP contribution >= 0.6 is 11.3 Å². The van der Waals surface area contributed by atoms with Crippen LogP contribution in [0.3, 0.4) is 0 Å². The Morgan fingerprint density at radius 1 is 1.29 bits per heavy atom. The van der Waals surface area contributed by atoms with Crippen LogP contribution in [0.5, 0.6) is 0 Å². The minimum Gasteiger partial charge on any atom is -0.464 e. The van der Waals surface area contributed by atoms with E-state index in [2.05, 4.69) is 55.3 Å². The van der Waals surface area contributed by atoms with Gasteiger partial charge in [-0.05, 0) is 24.5 Å². The lowest BCUT2D eigenvalue weighted by atomic mass is 9.98. The van der Waals surface area contributed by atoms with E-state index in [1.165, 1.54) is 6.42 Å². The first-order chi connectivity index (χ1) is 9.93. The fourth-order valence-corrected chi connectivity index (χ4v) is 3.20. The molecular weight excluding hydrogens is 282 g/mol. The maximum atomic E-state index is 5.88. The first-order valence-electron chi connectivity index (χ1n) is 7.55. The molecule has 0 spiro atoms. The number of hydrogen-bond acceptors (Lipinski definition) is 5. The second kappa shape index (κ2) is 5.54. The molecule has 21 heavy (non-hydrogen) atoms. The van der Waals surface area contributed by atoms with Gasteiger partial charge in [0.2, 0.25) is 0 Å². The van der Waals surface area contributed by atoms with Crippen LogP contribution in [0.2, 0.25) is 0 Å². The van der Waals surface area contributed by atoms with Crippen molar-refractivity contribution in [3.63, 3.8) is 0 Å². The maximum absolute atomic E-state index is 5.88. The molecule has 0 amide bonds. The molecule has 114 valence electrons. The Morgan fingerprint density at radius 3 is 2.67 bits per heavy atom. The molecule has 2 heterocycles. The van der Waals surface area contributed by atoms with E-state index in [1.54, 1.807) is 11.3 Å². The molecule has 1 saturated carbocycles. The van der Waals surface area contributed by atoms with Gasteiger partial charge in [0, 0.05) is 11.3 Å². The Labute approximate surface area is 130 Å². The lowest BCUT2D eigenvalue weighted by Gasteiger charge is -2.12. The van der Waals surface area contributed by atoms with Gasteiger partial charge in [0.15, 0.2) is 0 Å². The van der Waals surface area contributed by atoms with E-state index in [1.807, 2.05) is 0 Å². The van der Waals surface area contributed by atoms with E-state index in [0.717, 1.165) is 40.5 Å². The SMILES string of the molecule is CC1CC1c1ccc(CNCc2nnc(C(C)(C)C)s2)o1. The van der Waals surface area contributed by atoms with E-state index in [0.29, 0.717) is 5.92 Å². The minimum atomic E-state index is 0.0762. The van der Waals surface area contributed by atoms with E-state index < -0.39 is 0 Å². The zero-order valence-electron chi connectivity index (χ0n) is 13.1. The molecule has 0 aliphatic heterocycles. The van der Waals surface area contributed by atoms with E-state index in [4.69, 9.17) is 4.42 Å². The van der Waals surface area contributed by atoms with Gasteiger partial charge in [0.1, 0.15) is 21.5 Å². The summed E-state index contributed by atoms with van der Waals surface area (Å²) in [4.78, 5) is 0. The molecule has 2 unspecified atom stereocenters. The summed E-state index contributed by atoms with van der Waals surface area (Å²) < 4.78 is 5.88. The Balaban J connectivity index is 1.49. The molecule has 1 aliphatic rings. The zero-order valence-corrected chi connectivity index (χ0v) is 14.0. The quantitative estimate of drug-likeness (QED) is 0.912. The molecule has 4 nitrogen and oxygen atoms in total. The molecular formula is C16H23N3OS. The summed E-state index contributed by atoms with van der Waals surface area (Å²) in [6, 6.07) is 4.20. The normalized spacial score (nSPS) is 21.7. The topological polar surface area (TPSA) is 51.0 Å². The van der Waals surface area contributed by atoms with Gasteiger partial charge in [-0.15, -0.1) is 10.2 Å². The minimum absolute atomic E-state index is 0.0762. The first-order valence-corrected chi connectivity index (χ1v) is 8.37. The maximum Gasteiger partial charge on any atom is 0.131 e. The third-order valence-corrected chi connectivity index (χ3v) is 5.19. The number of nitrogens with zero attached hydrogens (tertiary/aromatic N) is 2. The fraction of sp³-hybridized carbons (Fsp3) is 0.625. The standard InChI is InChI=1S/C16H23N3OS/c1-10-7-12(10)13-6-5-11(20-13)8-17-9-14-18-19-15(21-14)16(2,3)4/h5-6,10,12,17H,7-9H2,1-4H3. The second-order valence-corrected chi connectivity index (χ2v) is 8.04.